The van der Waals surface area contributed by atoms with Crippen LogP contribution < -0.4 is 0 Å². The highest BCUT2D eigenvalue weighted by Gasteiger charge is 2.36. The number of ether oxygens (including phenoxy) is 1. The molecule has 1 aromatic carbocycles. The van der Waals surface area contributed by atoms with Crippen LogP contribution in [-0.4, -0.2) is 65.9 Å². The minimum absolute atomic E-state index is 0.0136. The highest BCUT2D eigenvalue weighted by atomic mass is 16.6. The van der Waals surface area contributed by atoms with E-state index in [4.69, 9.17) is 9.37 Å². The number of benzene rings is 1. The lowest BCUT2D eigenvalue weighted by Crippen LogP contribution is -2.51. The Hall–Kier alpha value is -2.25. The topological polar surface area (TPSA) is 71.7 Å². The first kappa shape index (κ1) is 17.6. The van der Waals surface area contributed by atoms with Gasteiger partial charge >= 0.3 is 0 Å². The van der Waals surface area contributed by atoms with Crippen LogP contribution in [0.4, 0.5) is 0 Å². The molecule has 0 radical (unpaired) electrons. The first-order valence-electron chi connectivity index (χ1n) is 8.45. The number of carbonyl (C=O) groups is 1. The van der Waals surface area contributed by atoms with Gasteiger partial charge < -0.3 is 14.5 Å². The van der Waals surface area contributed by atoms with Crippen LogP contribution in [0, 0.1) is 6.92 Å². The predicted molar refractivity (Wildman–Crippen MR) is 91.9 cm³/mol. The molecular formula is C18H24N4O3. The molecule has 2 aromatic rings. The lowest BCUT2D eigenvalue weighted by atomic mass is 9.97. The second-order valence-electron chi connectivity index (χ2n) is 6.59. The van der Waals surface area contributed by atoms with E-state index in [1.54, 1.807) is 6.92 Å². The quantitative estimate of drug-likeness (QED) is 0.818. The van der Waals surface area contributed by atoms with Crippen LogP contribution in [0.3, 0.4) is 0 Å². The fourth-order valence-electron chi connectivity index (χ4n) is 3.23. The van der Waals surface area contributed by atoms with Gasteiger partial charge in [0.25, 0.3) is 0 Å². The van der Waals surface area contributed by atoms with Gasteiger partial charge in [-0.25, -0.2) is 4.63 Å². The first-order chi connectivity index (χ1) is 12.1. The summed E-state index contributed by atoms with van der Waals surface area (Å²) in [5.74, 6) is 0.0136. The molecule has 2 atom stereocenters. The van der Waals surface area contributed by atoms with Gasteiger partial charge in [-0.1, -0.05) is 40.6 Å². The highest BCUT2D eigenvalue weighted by Crippen LogP contribution is 2.30. The van der Waals surface area contributed by atoms with E-state index in [-0.39, 0.29) is 24.5 Å². The Balaban J connectivity index is 1.86. The van der Waals surface area contributed by atoms with E-state index in [0.29, 0.717) is 24.5 Å². The fraction of sp³-hybridized carbons (Fsp3) is 0.500. The van der Waals surface area contributed by atoms with Gasteiger partial charge in [-0.3, -0.25) is 4.79 Å². The Labute approximate surface area is 147 Å². The molecule has 1 aliphatic heterocycles. The van der Waals surface area contributed by atoms with Gasteiger partial charge in [0.2, 0.25) is 5.91 Å². The molecule has 1 fully saturated rings. The molecule has 1 aliphatic rings. The van der Waals surface area contributed by atoms with Gasteiger partial charge in [0.05, 0.1) is 25.2 Å². The molecule has 1 saturated heterocycles. The summed E-state index contributed by atoms with van der Waals surface area (Å²) in [6.45, 7) is 3.63. The maximum Gasteiger partial charge on any atom is 0.229 e. The minimum Gasteiger partial charge on any atom is -0.373 e. The Kier molecular flexibility index (Phi) is 5.45. The first-order valence-corrected chi connectivity index (χ1v) is 8.45. The zero-order chi connectivity index (χ0) is 17.8. The number of rotatable bonds is 5. The van der Waals surface area contributed by atoms with Crippen LogP contribution in [0.1, 0.15) is 23.0 Å². The molecule has 25 heavy (non-hydrogen) atoms. The summed E-state index contributed by atoms with van der Waals surface area (Å²) in [5, 5.41) is 7.60. The largest absolute Gasteiger partial charge is 0.373 e. The van der Waals surface area contributed by atoms with E-state index in [0.717, 1.165) is 12.1 Å². The maximum atomic E-state index is 13.0. The standard InChI is InChI=1S/C18H24N4O3/c1-13-15(20-25-19-13)11-17(23)22-9-10-24-16(12-21(2)3)18(22)14-7-5-4-6-8-14/h4-8,16,18H,9-12H2,1-3H3/t16-,18-/m0/s1. The number of aryl methyl sites for hydroxylation is 1. The normalized spacial score (nSPS) is 20.9. The second-order valence-corrected chi connectivity index (χ2v) is 6.59. The minimum atomic E-state index is -0.120. The fourth-order valence-corrected chi connectivity index (χ4v) is 3.23. The lowest BCUT2D eigenvalue weighted by Gasteiger charge is -2.42. The zero-order valence-electron chi connectivity index (χ0n) is 14.9. The van der Waals surface area contributed by atoms with Gasteiger partial charge in [-0.2, -0.15) is 0 Å². The molecule has 1 aromatic heterocycles. The number of hydrogen-bond donors (Lipinski definition) is 0. The van der Waals surface area contributed by atoms with Crippen molar-refractivity contribution in [3.63, 3.8) is 0 Å². The monoisotopic (exact) mass is 344 g/mol. The molecule has 7 heteroatoms. The Bertz CT molecular complexity index is 701. The van der Waals surface area contributed by atoms with Crippen LogP contribution in [0.2, 0.25) is 0 Å². The third-order valence-corrected chi connectivity index (χ3v) is 4.42. The molecular weight excluding hydrogens is 320 g/mol. The van der Waals surface area contributed by atoms with Crippen molar-refractivity contribution < 1.29 is 14.2 Å². The van der Waals surface area contributed by atoms with Crippen molar-refractivity contribution in [1.82, 2.24) is 20.1 Å². The molecule has 0 aliphatic carbocycles. The van der Waals surface area contributed by atoms with Gasteiger partial charge in [-0.15, -0.1) is 0 Å². The van der Waals surface area contributed by atoms with Crippen LogP contribution in [0.15, 0.2) is 35.0 Å². The van der Waals surface area contributed by atoms with Crippen molar-refractivity contribution in [2.75, 3.05) is 33.8 Å². The smallest absolute Gasteiger partial charge is 0.229 e. The SMILES string of the molecule is Cc1nonc1CC(=O)N1CCO[C@@H](CN(C)C)[C@@H]1c1ccccc1. The van der Waals surface area contributed by atoms with E-state index in [9.17, 15) is 4.79 Å². The van der Waals surface area contributed by atoms with Crippen molar-refractivity contribution in [2.24, 2.45) is 0 Å². The highest BCUT2D eigenvalue weighted by molar-refractivity contribution is 5.79. The average molecular weight is 344 g/mol. The Morgan fingerprint density at radius 1 is 1.28 bits per heavy atom. The van der Waals surface area contributed by atoms with Crippen molar-refractivity contribution in [1.29, 1.82) is 0 Å². The molecule has 0 N–H and O–H groups in total. The molecule has 0 saturated carbocycles. The van der Waals surface area contributed by atoms with Crippen molar-refractivity contribution >= 4 is 5.91 Å². The molecule has 134 valence electrons. The summed E-state index contributed by atoms with van der Waals surface area (Å²) >= 11 is 0. The number of nitrogens with zero attached hydrogens (tertiary/aromatic N) is 4. The number of likely N-dealkylation sites (N-methyl/N-ethyl adjacent to an activating group) is 1. The Morgan fingerprint density at radius 3 is 2.68 bits per heavy atom. The van der Waals surface area contributed by atoms with Gasteiger partial charge in [0.15, 0.2) is 0 Å². The third kappa shape index (κ3) is 4.05. The maximum absolute atomic E-state index is 13.0. The van der Waals surface area contributed by atoms with Crippen LogP contribution >= 0.6 is 0 Å². The lowest BCUT2D eigenvalue weighted by molar-refractivity contribution is -0.147. The van der Waals surface area contributed by atoms with Crippen molar-refractivity contribution in [3.05, 3.63) is 47.3 Å². The van der Waals surface area contributed by atoms with Crippen molar-refractivity contribution in [2.45, 2.75) is 25.5 Å². The molecule has 0 unspecified atom stereocenters. The van der Waals surface area contributed by atoms with Crippen LogP contribution in [-0.2, 0) is 16.0 Å². The summed E-state index contributed by atoms with van der Waals surface area (Å²) in [6.07, 6.45) is 0.111. The van der Waals surface area contributed by atoms with E-state index in [1.165, 1.54) is 0 Å². The molecule has 1 amide bonds. The number of aromatic nitrogens is 2. The van der Waals surface area contributed by atoms with E-state index >= 15 is 0 Å². The van der Waals surface area contributed by atoms with Gasteiger partial charge in [0.1, 0.15) is 11.4 Å². The molecule has 0 bridgehead atoms. The average Bonchev–Trinajstić information content (AvgIpc) is 2.99. The summed E-state index contributed by atoms with van der Waals surface area (Å²) < 4.78 is 10.7. The third-order valence-electron chi connectivity index (χ3n) is 4.42. The number of carbonyl (C=O) groups excluding carboxylic acids is 1. The molecule has 2 heterocycles. The van der Waals surface area contributed by atoms with Gasteiger partial charge in [0, 0.05) is 13.1 Å². The van der Waals surface area contributed by atoms with Crippen molar-refractivity contribution in [3.8, 4) is 0 Å². The summed E-state index contributed by atoms with van der Waals surface area (Å²) in [7, 11) is 4.02. The Morgan fingerprint density at radius 2 is 2.04 bits per heavy atom. The molecule has 7 nitrogen and oxygen atoms in total. The zero-order valence-corrected chi connectivity index (χ0v) is 14.9. The van der Waals surface area contributed by atoms with Gasteiger partial charge in [-0.05, 0) is 26.6 Å². The van der Waals surface area contributed by atoms with E-state index < -0.39 is 0 Å². The summed E-state index contributed by atoms with van der Waals surface area (Å²) in [6, 6.07) is 9.93. The molecule has 0 spiro atoms. The number of morpholine rings is 1. The van der Waals surface area contributed by atoms with E-state index in [2.05, 4.69) is 15.2 Å². The predicted octanol–water partition coefficient (Wildman–Crippen LogP) is 1.45. The van der Waals surface area contributed by atoms with Crippen LogP contribution in [0.25, 0.3) is 0 Å². The van der Waals surface area contributed by atoms with E-state index in [1.807, 2.05) is 49.3 Å². The summed E-state index contributed by atoms with van der Waals surface area (Å²) in [5.41, 5.74) is 2.33. The second kappa shape index (κ2) is 7.76. The van der Waals surface area contributed by atoms with Crippen LogP contribution in [0.5, 0.6) is 0 Å². The number of hydrogen-bond acceptors (Lipinski definition) is 6. The summed E-state index contributed by atoms with van der Waals surface area (Å²) in [4.78, 5) is 17.0. The molecule has 3 rings (SSSR count). The number of amides is 1.